The van der Waals surface area contributed by atoms with Crippen LogP contribution in [0.15, 0.2) is 42.5 Å². The maximum atomic E-state index is 13.8. The van der Waals surface area contributed by atoms with Crippen LogP contribution in [0.3, 0.4) is 0 Å². The van der Waals surface area contributed by atoms with Gasteiger partial charge in [-0.25, -0.2) is 8.78 Å². The van der Waals surface area contributed by atoms with Crippen molar-refractivity contribution >= 4 is 0 Å². The summed E-state index contributed by atoms with van der Waals surface area (Å²) in [6.45, 7) is 1.80. The molecule has 0 aliphatic carbocycles. The first-order chi connectivity index (χ1) is 9.06. The van der Waals surface area contributed by atoms with Crippen LogP contribution >= 0.6 is 0 Å². The van der Waals surface area contributed by atoms with E-state index < -0.39 is 0 Å². The Morgan fingerprint density at radius 2 is 1.79 bits per heavy atom. The Bertz CT molecular complexity index is 553. The number of halogens is 2. The molecule has 0 heterocycles. The number of hydrogen-bond donors (Lipinski definition) is 1. The summed E-state index contributed by atoms with van der Waals surface area (Å²) < 4.78 is 32.2. The largest absolute Gasteiger partial charge is 0.457 e. The summed E-state index contributed by atoms with van der Waals surface area (Å²) in [5.41, 5.74) is 6.14. The summed E-state index contributed by atoms with van der Waals surface area (Å²) in [5.74, 6) is 0.168. The molecule has 0 aliphatic heterocycles. The molecule has 0 saturated carbocycles. The van der Waals surface area contributed by atoms with Crippen LogP contribution in [-0.2, 0) is 6.42 Å². The monoisotopic (exact) mass is 263 g/mol. The van der Waals surface area contributed by atoms with Crippen LogP contribution in [0.4, 0.5) is 8.78 Å². The van der Waals surface area contributed by atoms with E-state index in [0.717, 1.165) is 0 Å². The normalized spacial score (nSPS) is 12.2. The van der Waals surface area contributed by atoms with E-state index in [4.69, 9.17) is 10.5 Å². The van der Waals surface area contributed by atoms with Gasteiger partial charge in [0.05, 0.1) is 0 Å². The lowest BCUT2D eigenvalue weighted by atomic mass is 10.1. The molecule has 0 amide bonds. The van der Waals surface area contributed by atoms with Crippen molar-refractivity contribution in [2.24, 2.45) is 5.73 Å². The van der Waals surface area contributed by atoms with Gasteiger partial charge in [-0.05, 0) is 49.7 Å². The molecule has 100 valence electrons. The van der Waals surface area contributed by atoms with Gasteiger partial charge < -0.3 is 10.5 Å². The molecule has 0 spiro atoms. The van der Waals surface area contributed by atoms with Crippen molar-refractivity contribution in [1.29, 1.82) is 0 Å². The van der Waals surface area contributed by atoms with Gasteiger partial charge in [0, 0.05) is 11.6 Å². The van der Waals surface area contributed by atoms with Crippen LogP contribution in [0.5, 0.6) is 11.5 Å². The molecule has 2 nitrogen and oxygen atoms in total. The van der Waals surface area contributed by atoms with Crippen LogP contribution in [0, 0.1) is 11.6 Å². The highest BCUT2D eigenvalue weighted by Crippen LogP contribution is 2.28. The maximum Gasteiger partial charge on any atom is 0.133 e. The second-order valence-electron chi connectivity index (χ2n) is 4.45. The Labute approximate surface area is 110 Å². The minimum Gasteiger partial charge on any atom is -0.457 e. The molecule has 4 heteroatoms. The number of benzene rings is 2. The molecule has 19 heavy (non-hydrogen) atoms. The van der Waals surface area contributed by atoms with Gasteiger partial charge in [-0.3, -0.25) is 0 Å². The molecule has 0 radical (unpaired) electrons. The minimum absolute atomic E-state index is 0.174. The second-order valence-corrected chi connectivity index (χ2v) is 4.45. The average Bonchev–Trinajstić information content (AvgIpc) is 2.36. The first-order valence-electron chi connectivity index (χ1n) is 6.02. The van der Waals surface area contributed by atoms with E-state index in [9.17, 15) is 8.78 Å². The molecule has 0 aliphatic rings. The zero-order valence-corrected chi connectivity index (χ0v) is 10.6. The molecule has 2 aromatic carbocycles. The van der Waals surface area contributed by atoms with Gasteiger partial charge in [-0.2, -0.15) is 0 Å². The van der Waals surface area contributed by atoms with Crippen molar-refractivity contribution in [2.45, 2.75) is 19.4 Å². The summed E-state index contributed by atoms with van der Waals surface area (Å²) >= 11 is 0. The highest BCUT2D eigenvalue weighted by Gasteiger charge is 2.12. The lowest BCUT2D eigenvalue weighted by molar-refractivity contribution is 0.462. The minimum atomic E-state index is -0.350. The summed E-state index contributed by atoms with van der Waals surface area (Å²) in [7, 11) is 0. The zero-order valence-electron chi connectivity index (χ0n) is 10.6. The van der Waals surface area contributed by atoms with E-state index in [-0.39, 0.29) is 17.7 Å². The van der Waals surface area contributed by atoms with Crippen molar-refractivity contribution in [3.05, 3.63) is 59.7 Å². The molecule has 1 unspecified atom stereocenters. The molecule has 0 fully saturated rings. The first kappa shape index (κ1) is 13.5. The fourth-order valence-electron chi connectivity index (χ4n) is 1.78. The molecular formula is C15H15F2NO. The molecule has 2 aromatic rings. The third-order valence-electron chi connectivity index (χ3n) is 2.64. The zero-order chi connectivity index (χ0) is 13.8. The first-order valence-corrected chi connectivity index (χ1v) is 6.02. The lowest BCUT2D eigenvalue weighted by Gasteiger charge is -2.13. The Balaban J connectivity index is 2.29. The van der Waals surface area contributed by atoms with Crippen LogP contribution in [0.25, 0.3) is 0 Å². The summed E-state index contributed by atoms with van der Waals surface area (Å²) in [5, 5.41) is 0. The standard InChI is InChI=1S/C15H15F2NO/c1-10(18)9-13-14(17)3-2-4-15(13)19-12-7-5-11(16)6-8-12/h2-8,10H,9,18H2,1H3. The fraction of sp³-hybridized carbons (Fsp3) is 0.200. The third-order valence-corrected chi connectivity index (χ3v) is 2.64. The molecule has 2 N–H and O–H groups in total. The van der Waals surface area contributed by atoms with E-state index in [1.54, 1.807) is 19.1 Å². The van der Waals surface area contributed by atoms with Crippen molar-refractivity contribution in [1.82, 2.24) is 0 Å². The SMILES string of the molecule is CC(N)Cc1c(F)cccc1Oc1ccc(F)cc1. The Morgan fingerprint density at radius 1 is 1.11 bits per heavy atom. The molecule has 0 saturated heterocycles. The number of hydrogen-bond acceptors (Lipinski definition) is 2. The maximum absolute atomic E-state index is 13.8. The van der Waals surface area contributed by atoms with Crippen LogP contribution in [0.2, 0.25) is 0 Å². The Kier molecular flexibility index (Phi) is 4.12. The highest BCUT2D eigenvalue weighted by atomic mass is 19.1. The van der Waals surface area contributed by atoms with E-state index >= 15 is 0 Å². The molecular weight excluding hydrogens is 248 g/mol. The quantitative estimate of drug-likeness (QED) is 0.913. The second kappa shape index (κ2) is 5.80. The van der Waals surface area contributed by atoms with Gasteiger partial charge in [0.25, 0.3) is 0 Å². The van der Waals surface area contributed by atoms with Crippen molar-refractivity contribution < 1.29 is 13.5 Å². The molecule has 1 atom stereocenters. The predicted octanol–water partition coefficient (Wildman–Crippen LogP) is 3.65. The Hall–Kier alpha value is -1.94. The molecule has 0 bridgehead atoms. The number of nitrogens with two attached hydrogens (primary N) is 1. The van der Waals surface area contributed by atoms with Crippen LogP contribution in [-0.4, -0.2) is 6.04 Å². The van der Waals surface area contributed by atoms with Crippen LogP contribution < -0.4 is 10.5 Å². The van der Waals surface area contributed by atoms with Gasteiger partial charge in [-0.1, -0.05) is 6.07 Å². The van der Waals surface area contributed by atoms with E-state index in [1.165, 1.54) is 30.3 Å². The number of rotatable bonds is 4. The average molecular weight is 263 g/mol. The van der Waals surface area contributed by atoms with Gasteiger partial charge >= 0.3 is 0 Å². The summed E-state index contributed by atoms with van der Waals surface area (Å²) in [6.07, 6.45) is 0.378. The smallest absolute Gasteiger partial charge is 0.133 e. The Morgan fingerprint density at radius 3 is 2.42 bits per heavy atom. The van der Waals surface area contributed by atoms with Gasteiger partial charge in [0.2, 0.25) is 0 Å². The van der Waals surface area contributed by atoms with Crippen molar-refractivity contribution in [2.75, 3.05) is 0 Å². The molecule has 0 aromatic heterocycles. The van der Waals surface area contributed by atoms with Gasteiger partial charge in [-0.15, -0.1) is 0 Å². The lowest BCUT2D eigenvalue weighted by Crippen LogP contribution is -2.19. The predicted molar refractivity (Wildman–Crippen MR) is 70.2 cm³/mol. The fourth-order valence-corrected chi connectivity index (χ4v) is 1.78. The van der Waals surface area contributed by atoms with E-state index in [1.807, 2.05) is 0 Å². The van der Waals surface area contributed by atoms with Gasteiger partial charge in [0.1, 0.15) is 23.1 Å². The van der Waals surface area contributed by atoms with E-state index in [0.29, 0.717) is 23.5 Å². The van der Waals surface area contributed by atoms with Crippen LogP contribution in [0.1, 0.15) is 12.5 Å². The molecule has 2 rings (SSSR count). The topological polar surface area (TPSA) is 35.2 Å². The summed E-state index contributed by atoms with van der Waals surface area (Å²) in [4.78, 5) is 0. The van der Waals surface area contributed by atoms with Gasteiger partial charge in [0.15, 0.2) is 0 Å². The number of ether oxygens (including phenoxy) is 1. The highest BCUT2D eigenvalue weighted by molar-refractivity contribution is 5.39. The van der Waals surface area contributed by atoms with E-state index in [2.05, 4.69) is 0 Å². The van der Waals surface area contributed by atoms with Crippen molar-refractivity contribution in [3.63, 3.8) is 0 Å². The third kappa shape index (κ3) is 3.51. The summed E-state index contributed by atoms with van der Waals surface area (Å²) in [6, 6.07) is 10.0. The van der Waals surface area contributed by atoms with Crippen molar-refractivity contribution in [3.8, 4) is 11.5 Å².